The number of benzene rings is 1. The lowest BCUT2D eigenvalue weighted by molar-refractivity contribution is -0.320. The molecule has 2 unspecified atom stereocenters. The molecule has 1 spiro atoms. The maximum atomic E-state index is 13.5. The van der Waals surface area contributed by atoms with Gasteiger partial charge in [-0.2, -0.15) is 0 Å². The molecule has 0 radical (unpaired) electrons. The van der Waals surface area contributed by atoms with Gasteiger partial charge in [-0.25, -0.2) is 14.2 Å². The molecule has 2 fully saturated rings. The van der Waals surface area contributed by atoms with E-state index >= 15 is 0 Å². The lowest BCUT2D eigenvalue weighted by Crippen LogP contribution is -2.35. The van der Waals surface area contributed by atoms with Crippen molar-refractivity contribution in [3.8, 4) is 22.4 Å². The van der Waals surface area contributed by atoms with Crippen LogP contribution < -0.4 is 0 Å². The van der Waals surface area contributed by atoms with Gasteiger partial charge in [-0.3, -0.25) is 9.88 Å². The second kappa shape index (κ2) is 7.66. The second-order valence-corrected chi connectivity index (χ2v) is 9.26. The first-order valence-corrected chi connectivity index (χ1v) is 11.3. The molecule has 1 aromatic carbocycles. The van der Waals surface area contributed by atoms with Gasteiger partial charge in [0.05, 0.1) is 11.8 Å². The Bertz CT molecular complexity index is 1160. The van der Waals surface area contributed by atoms with Crippen LogP contribution in [0, 0.1) is 5.82 Å². The maximum absolute atomic E-state index is 13.5. The van der Waals surface area contributed by atoms with Gasteiger partial charge in [0.25, 0.3) is 0 Å². The van der Waals surface area contributed by atoms with Crippen LogP contribution in [0.2, 0.25) is 0 Å². The van der Waals surface area contributed by atoms with Crippen LogP contribution in [0.5, 0.6) is 0 Å². The Balaban J connectivity index is 1.40. The predicted octanol–water partition coefficient (Wildman–Crippen LogP) is 5.22. The summed E-state index contributed by atoms with van der Waals surface area (Å²) >= 11 is 0. The Hall–Kier alpha value is -2.80. The molecule has 0 bridgehead atoms. The van der Waals surface area contributed by atoms with Gasteiger partial charge in [-0.1, -0.05) is 6.08 Å². The fourth-order valence-corrected chi connectivity index (χ4v) is 5.60. The van der Waals surface area contributed by atoms with Crippen molar-refractivity contribution < 1.29 is 14.2 Å². The van der Waals surface area contributed by atoms with Crippen LogP contribution in [0.3, 0.4) is 0 Å². The summed E-state index contributed by atoms with van der Waals surface area (Å²) in [4.78, 5) is 21.4. The third-order valence-corrected chi connectivity index (χ3v) is 6.98. The van der Waals surface area contributed by atoms with Crippen LogP contribution in [0.25, 0.3) is 28.0 Å². The zero-order chi connectivity index (χ0) is 21.7. The van der Waals surface area contributed by atoms with E-state index in [4.69, 9.17) is 9.78 Å². The molecule has 2 saturated heterocycles. The molecular weight excluding hydrogens is 405 g/mol. The minimum absolute atomic E-state index is 0.154. The SMILES string of the molecule is CC1CC2(C[C@H]3C=C(c4c[nH]c(-c5ccc(F)cc5)c4-c4ccncc4)CCN3C2)OO1. The highest BCUT2D eigenvalue weighted by Gasteiger charge is 2.50. The van der Waals surface area contributed by atoms with E-state index in [1.165, 1.54) is 23.3 Å². The van der Waals surface area contributed by atoms with Gasteiger partial charge in [-0.15, -0.1) is 0 Å². The highest BCUT2D eigenvalue weighted by atomic mass is 19.1. The van der Waals surface area contributed by atoms with E-state index in [1.807, 2.05) is 36.7 Å². The fourth-order valence-electron chi connectivity index (χ4n) is 5.60. The average molecular weight is 432 g/mol. The molecule has 6 heteroatoms. The summed E-state index contributed by atoms with van der Waals surface area (Å²) < 4.78 is 13.5. The lowest BCUT2D eigenvalue weighted by Gasteiger charge is -2.28. The van der Waals surface area contributed by atoms with Crippen LogP contribution in [-0.2, 0) is 9.78 Å². The smallest absolute Gasteiger partial charge is 0.123 e. The van der Waals surface area contributed by atoms with Crippen molar-refractivity contribution in [1.82, 2.24) is 14.9 Å². The Kier molecular flexibility index (Phi) is 4.75. The van der Waals surface area contributed by atoms with Crippen molar-refractivity contribution in [1.29, 1.82) is 0 Å². The van der Waals surface area contributed by atoms with Gasteiger partial charge in [-0.05, 0) is 66.4 Å². The topological polar surface area (TPSA) is 50.4 Å². The van der Waals surface area contributed by atoms with Crippen molar-refractivity contribution >= 4 is 5.57 Å². The highest BCUT2D eigenvalue weighted by Crippen LogP contribution is 2.45. The number of hydrogen-bond donors (Lipinski definition) is 1. The molecule has 6 rings (SSSR count). The van der Waals surface area contributed by atoms with E-state index in [-0.39, 0.29) is 17.5 Å². The zero-order valence-electron chi connectivity index (χ0n) is 18.1. The van der Waals surface area contributed by atoms with Crippen molar-refractivity contribution in [3.63, 3.8) is 0 Å². The number of aromatic nitrogens is 2. The third-order valence-electron chi connectivity index (χ3n) is 6.98. The van der Waals surface area contributed by atoms with Crippen molar-refractivity contribution in [2.75, 3.05) is 13.1 Å². The second-order valence-electron chi connectivity index (χ2n) is 9.26. The number of nitrogens with zero attached hydrogens (tertiary/aromatic N) is 2. The van der Waals surface area contributed by atoms with E-state index < -0.39 is 0 Å². The normalized spacial score (nSPS) is 27.6. The molecule has 0 aliphatic carbocycles. The quantitative estimate of drug-likeness (QED) is 0.578. The largest absolute Gasteiger partial charge is 0.360 e. The van der Waals surface area contributed by atoms with Crippen molar-refractivity contribution in [3.05, 3.63) is 72.4 Å². The summed E-state index contributed by atoms with van der Waals surface area (Å²) in [5, 5.41) is 0. The third kappa shape index (κ3) is 3.39. The molecule has 0 saturated carbocycles. The van der Waals surface area contributed by atoms with Gasteiger partial charge >= 0.3 is 0 Å². The average Bonchev–Trinajstić information content (AvgIpc) is 3.50. The molecule has 5 heterocycles. The zero-order valence-corrected chi connectivity index (χ0v) is 18.1. The first-order chi connectivity index (χ1) is 15.6. The lowest BCUT2D eigenvalue weighted by atomic mass is 9.89. The summed E-state index contributed by atoms with van der Waals surface area (Å²) in [7, 11) is 0. The summed E-state index contributed by atoms with van der Waals surface area (Å²) in [6.45, 7) is 4.00. The summed E-state index contributed by atoms with van der Waals surface area (Å²) in [5.41, 5.74) is 6.57. The van der Waals surface area contributed by atoms with Gasteiger partial charge in [0.2, 0.25) is 0 Å². The van der Waals surface area contributed by atoms with Gasteiger partial charge in [0.1, 0.15) is 11.4 Å². The van der Waals surface area contributed by atoms with E-state index in [0.29, 0.717) is 6.04 Å². The van der Waals surface area contributed by atoms with E-state index in [2.05, 4.69) is 34.1 Å². The number of fused-ring (bicyclic) bond motifs is 1. The Morgan fingerprint density at radius 3 is 2.66 bits per heavy atom. The van der Waals surface area contributed by atoms with E-state index in [9.17, 15) is 4.39 Å². The summed E-state index contributed by atoms with van der Waals surface area (Å²) in [5.74, 6) is -0.233. The minimum Gasteiger partial charge on any atom is -0.360 e. The van der Waals surface area contributed by atoms with Crippen LogP contribution in [-0.4, -0.2) is 45.7 Å². The van der Waals surface area contributed by atoms with Gasteiger partial charge in [0.15, 0.2) is 0 Å². The molecule has 5 nitrogen and oxygen atoms in total. The Morgan fingerprint density at radius 2 is 1.91 bits per heavy atom. The standard InChI is InChI=1S/C26H26FN3O2/c1-17-13-26(32-31-17)14-22-12-20(8-11-30(22)16-26)23-15-29-25(19-2-4-21(27)5-3-19)24(23)18-6-9-28-10-7-18/h2-7,9-10,12,15,17,22,29H,8,11,13-14,16H2,1H3/t17?,22-,26?/m1/s1. The molecule has 32 heavy (non-hydrogen) atoms. The predicted molar refractivity (Wildman–Crippen MR) is 121 cm³/mol. The molecule has 0 amide bonds. The fraction of sp³-hybridized carbons (Fsp3) is 0.346. The first kappa shape index (κ1) is 19.9. The number of hydrogen-bond acceptors (Lipinski definition) is 4. The van der Waals surface area contributed by atoms with Crippen LogP contribution in [0.1, 0.15) is 31.7 Å². The summed E-state index contributed by atoms with van der Waals surface area (Å²) in [6.07, 6.45) is 11.2. The van der Waals surface area contributed by atoms with Gasteiger partial charge < -0.3 is 4.98 Å². The molecular formula is C26H26FN3O2. The van der Waals surface area contributed by atoms with E-state index in [1.54, 1.807) is 0 Å². The maximum Gasteiger partial charge on any atom is 0.123 e. The number of nitrogens with one attached hydrogen (secondary N) is 1. The Morgan fingerprint density at radius 1 is 1.09 bits per heavy atom. The number of aromatic amines is 1. The van der Waals surface area contributed by atoms with Crippen LogP contribution >= 0.6 is 0 Å². The monoisotopic (exact) mass is 431 g/mol. The van der Waals surface area contributed by atoms with Crippen LogP contribution in [0.4, 0.5) is 4.39 Å². The number of pyridine rings is 1. The van der Waals surface area contributed by atoms with E-state index in [0.717, 1.165) is 54.7 Å². The van der Waals surface area contributed by atoms with Crippen molar-refractivity contribution in [2.24, 2.45) is 0 Å². The molecule has 3 aromatic rings. The molecule has 2 aromatic heterocycles. The van der Waals surface area contributed by atoms with Crippen LogP contribution in [0.15, 0.2) is 61.1 Å². The number of H-pyrrole nitrogens is 1. The molecule has 164 valence electrons. The number of halogens is 1. The first-order valence-electron chi connectivity index (χ1n) is 11.3. The summed E-state index contributed by atoms with van der Waals surface area (Å²) in [6, 6.07) is 11.1. The van der Waals surface area contributed by atoms with Crippen molar-refractivity contribution in [2.45, 2.75) is 43.9 Å². The minimum atomic E-state index is -0.233. The molecule has 3 aliphatic heterocycles. The van der Waals surface area contributed by atoms with Gasteiger partial charge in [0, 0.05) is 61.7 Å². The Labute approximate surface area is 186 Å². The highest BCUT2D eigenvalue weighted by molar-refractivity contribution is 5.91. The molecule has 3 atom stereocenters. The number of rotatable bonds is 3. The molecule has 3 aliphatic rings. The molecule has 1 N–H and O–H groups in total.